The molecule has 0 aliphatic carbocycles. The zero-order valence-corrected chi connectivity index (χ0v) is 12.8. The molecule has 2 unspecified atom stereocenters. The highest BCUT2D eigenvalue weighted by Gasteiger charge is 2.21. The van der Waals surface area contributed by atoms with Gasteiger partial charge in [0.25, 0.3) is 0 Å². The minimum Gasteiger partial charge on any atom is -0.383 e. The molecule has 6 heteroatoms. The van der Waals surface area contributed by atoms with Crippen LogP contribution in [0.2, 0.25) is 0 Å². The summed E-state index contributed by atoms with van der Waals surface area (Å²) in [4.78, 5) is 11.6. The number of ether oxygens (including phenoxy) is 2. The van der Waals surface area contributed by atoms with Gasteiger partial charge in [-0.2, -0.15) is 0 Å². The van der Waals surface area contributed by atoms with Crippen molar-refractivity contribution < 1.29 is 14.3 Å². The van der Waals surface area contributed by atoms with E-state index in [9.17, 15) is 4.79 Å². The zero-order valence-electron chi connectivity index (χ0n) is 11.9. The van der Waals surface area contributed by atoms with Gasteiger partial charge in [0.05, 0.1) is 18.8 Å². The Labute approximate surface area is 122 Å². The van der Waals surface area contributed by atoms with Crippen LogP contribution in [0.4, 0.5) is 0 Å². The van der Waals surface area contributed by atoms with Crippen LogP contribution in [0.5, 0.6) is 0 Å². The second-order valence-corrected chi connectivity index (χ2v) is 4.78. The maximum atomic E-state index is 11.6. The Kier molecular flexibility index (Phi) is 11.2. The van der Waals surface area contributed by atoms with Crippen molar-refractivity contribution in [3.63, 3.8) is 0 Å². The van der Waals surface area contributed by atoms with Gasteiger partial charge in [-0.3, -0.25) is 4.79 Å². The SMILES string of the molecule is COCCNCCNC(=O)CCC1CCC(C)O1.Cl. The molecule has 1 aliphatic heterocycles. The summed E-state index contributed by atoms with van der Waals surface area (Å²) in [6, 6.07) is 0. The van der Waals surface area contributed by atoms with E-state index in [4.69, 9.17) is 9.47 Å². The van der Waals surface area contributed by atoms with Crippen LogP contribution in [0.15, 0.2) is 0 Å². The van der Waals surface area contributed by atoms with Crippen molar-refractivity contribution in [3.05, 3.63) is 0 Å². The molecule has 2 atom stereocenters. The maximum absolute atomic E-state index is 11.6. The molecule has 0 aromatic rings. The Balaban J connectivity index is 0.00000324. The maximum Gasteiger partial charge on any atom is 0.220 e. The van der Waals surface area contributed by atoms with Crippen LogP contribution < -0.4 is 10.6 Å². The molecule has 0 aromatic heterocycles. The van der Waals surface area contributed by atoms with Crippen molar-refractivity contribution in [1.82, 2.24) is 10.6 Å². The van der Waals surface area contributed by atoms with Crippen molar-refractivity contribution in [2.45, 2.75) is 44.8 Å². The summed E-state index contributed by atoms with van der Waals surface area (Å²) < 4.78 is 10.6. The van der Waals surface area contributed by atoms with Gasteiger partial charge in [0, 0.05) is 33.2 Å². The highest BCUT2D eigenvalue weighted by atomic mass is 35.5. The molecule has 1 saturated heterocycles. The van der Waals surface area contributed by atoms with Crippen molar-refractivity contribution in [1.29, 1.82) is 0 Å². The number of carbonyl (C=O) groups excluding carboxylic acids is 1. The molecule has 0 bridgehead atoms. The summed E-state index contributed by atoms with van der Waals surface area (Å²) >= 11 is 0. The number of carbonyl (C=O) groups is 1. The van der Waals surface area contributed by atoms with Crippen LogP contribution in [0.25, 0.3) is 0 Å². The summed E-state index contributed by atoms with van der Waals surface area (Å²) in [6.45, 7) is 5.06. The van der Waals surface area contributed by atoms with Gasteiger partial charge in [-0.1, -0.05) is 0 Å². The first-order valence-electron chi connectivity index (χ1n) is 6.84. The lowest BCUT2D eigenvalue weighted by atomic mass is 10.1. The largest absolute Gasteiger partial charge is 0.383 e. The molecule has 5 nitrogen and oxygen atoms in total. The number of methoxy groups -OCH3 is 1. The monoisotopic (exact) mass is 294 g/mol. The first-order chi connectivity index (χ1) is 8.72. The Morgan fingerprint density at radius 2 is 2.11 bits per heavy atom. The Morgan fingerprint density at radius 3 is 2.74 bits per heavy atom. The van der Waals surface area contributed by atoms with E-state index in [0.29, 0.717) is 25.7 Å². The topological polar surface area (TPSA) is 59.6 Å². The van der Waals surface area contributed by atoms with Crippen molar-refractivity contribution in [3.8, 4) is 0 Å². The average molecular weight is 295 g/mol. The molecule has 1 aliphatic rings. The van der Waals surface area contributed by atoms with Crippen LogP contribution >= 0.6 is 12.4 Å². The molecular weight excluding hydrogens is 268 g/mol. The van der Waals surface area contributed by atoms with Gasteiger partial charge in [-0.05, 0) is 26.2 Å². The zero-order chi connectivity index (χ0) is 13.2. The Bertz CT molecular complexity index is 242. The molecule has 0 saturated carbocycles. The van der Waals surface area contributed by atoms with Gasteiger partial charge >= 0.3 is 0 Å². The van der Waals surface area contributed by atoms with Crippen LogP contribution in [0.3, 0.4) is 0 Å². The summed E-state index contributed by atoms with van der Waals surface area (Å²) in [5.41, 5.74) is 0. The second kappa shape index (κ2) is 11.5. The average Bonchev–Trinajstić information content (AvgIpc) is 2.77. The molecule has 1 heterocycles. The van der Waals surface area contributed by atoms with E-state index in [1.165, 1.54) is 0 Å². The number of hydrogen-bond donors (Lipinski definition) is 2. The third kappa shape index (κ3) is 9.21. The van der Waals surface area contributed by atoms with E-state index < -0.39 is 0 Å². The lowest BCUT2D eigenvalue weighted by Crippen LogP contribution is -2.33. The van der Waals surface area contributed by atoms with Crippen molar-refractivity contribution in [2.75, 3.05) is 33.4 Å². The molecule has 2 N–H and O–H groups in total. The number of halogens is 1. The molecule has 0 spiro atoms. The van der Waals surface area contributed by atoms with Gasteiger partial charge in [0.15, 0.2) is 0 Å². The van der Waals surface area contributed by atoms with Gasteiger partial charge in [0.1, 0.15) is 0 Å². The number of amides is 1. The molecule has 114 valence electrons. The van der Waals surface area contributed by atoms with E-state index in [1.54, 1.807) is 7.11 Å². The predicted molar refractivity (Wildman–Crippen MR) is 77.8 cm³/mol. The minimum absolute atomic E-state index is 0. The molecule has 0 radical (unpaired) electrons. The smallest absolute Gasteiger partial charge is 0.220 e. The number of nitrogens with one attached hydrogen (secondary N) is 2. The normalized spacial score (nSPS) is 22.0. The van der Waals surface area contributed by atoms with Gasteiger partial charge in [-0.15, -0.1) is 12.4 Å². The lowest BCUT2D eigenvalue weighted by molar-refractivity contribution is -0.121. The van der Waals surface area contributed by atoms with Gasteiger partial charge in [0.2, 0.25) is 5.91 Å². The molecule has 0 aromatic carbocycles. The molecule has 1 amide bonds. The van der Waals surface area contributed by atoms with E-state index in [-0.39, 0.29) is 24.4 Å². The highest BCUT2D eigenvalue weighted by molar-refractivity contribution is 5.85. The summed E-state index contributed by atoms with van der Waals surface area (Å²) in [7, 11) is 1.68. The fourth-order valence-corrected chi connectivity index (χ4v) is 2.07. The molecule has 19 heavy (non-hydrogen) atoms. The number of rotatable bonds is 9. The molecule has 1 fully saturated rings. The molecular formula is C13H27ClN2O3. The lowest BCUT2D eigenvalue weighted by Gasteiger charge is -2.11. The summed E-state index contributed by atoms with van der Waals surface area (Å²) in [5, 5.41) is 6.08. The van der Waals surface area contributed by atoms with E-state index in [0.717, 1.165) is 32.4 Å². The third-order valence-electron chi connectivity index (χ3n) is 3.12. The van der Waals surface area contributed by atoms with Crippen LogP contribution in [-0.4, -0.2) is 51.5 Å². The summed E-state index contributed by atoms with van der Waals surface area (Å²) in [5.74, 6) is 0.117. The van der Waals surface area contributed by atoms with Crippen LogP contribution in [-0.2, 0) is 14.3 Å². The predicted octanol–water partition coefficient (Wildman–Crippen LogP) is 1.11. The number of hydrogen-bond acceptors (Lipinski definition) is 4. The highest BCUT2D eigenvalue weighted by Crippen LogP contribution is 2.22. The Hall–Kier alpha value is -0.360. The van der Waals surface area contributed by atoms with Gasteiger partial charge in [-0.25, -0.2) is 0 Å². The molecule has 1 rings (SSSR count). The first-order valence-corrected chi connectivity index (χ1v) is 6.84. The van der Waals surface area contributed by atoms with E-state index in [2.05, 4.69) is 17.6 Å². The minimum atomic E-state index is 0. The van der Waals surface area contributed by atoms with Crippen molar-refractivity contribution >= 4 is 18.3 Å². The van der Waals surface area contributed by atoms with Crippen LogP contribution in [0, 0.1) is 0 Å². The van der Waals surface area contributed by atoms with Gasteiger partial charge < -0.3 is 20.1 Å². The standard InChI is InChI=1S/C13H26N2O3.ClH/c1-11-3-4-12(18-11)5-6-13(16)15-8-7-14-9-10-17-2;/h11-12,14H,3-10H2,1-2H3,(H,15,16);1H. The Morgan fingerprint density at radius 1 is 1.32 bits per heavy atom. The fourth-order valence-electron chi connectivity index (χ4n) is 2.07. The second-order valence-electron chi connectivity index (χ2n) is 4.78. The van der Waals surface area contributed by atoms with Crippen LogP contribution in [0.1, 0.15) is 32.6 Å². The van der Waals surface area contributed by atoms with E-state index >= 15 is 0 Å². The third-order valence-corrected chi connectivity index (χ3v) is 3.12. The van der Waals surface area contributed by atoms with E-state index in [1.807, 2.05) is 0 Å². The quantitative estimate of drug-likeness (QED) is 0.626. The van der Waals surface area contributed by atoms with Crippen molar-refractivity contribution in [2.24, 2.45) is 0 Å². The summed E-state index contributed by atoms with van der Waals surface area (Å²) in [6.07, 6.45) is 4.26. The first kappa shape index (κ1) is 18.6. The fraction of sp³-hybridized carbons (Fsp3) is 0.923.